The molecule has 3 aliphatic rings. The van der Waals surface area contributed by atoms with E-state index in [0.29, 0.717) is 42.5 Å². The van der Waals surface area contributed by atoms with Crippen molar-refractivity contribution in [3.8, 4) is 0 Å². The molecule has 0 N–H and O–H groups in total. The normalized spacial score (nSPS) is 29.1. The van der Waals surface area contributed by atoms with Crippen LogP contribution in [0.25, 0.3) is 10.9 Å². The second kappa shape index (κ2) is 6.16. The minimum Gasteiger partial charge on any atom is -0.351 e. The molecule has 28 heavy (non-hydrogen) atoms. The van der Waals surface area contributed by atoms with Crippen LogP contribution in [0.2, 0.25) is 5.02 Å². The first-order valence-electron chi connectivity index (χ1n) is 9.74. The van der Waals surface area contributed by atoms with Gasteiger partial charge < -0.3 is 14.5 Å². The smallest absolute Gasteiger partial charge is 0.256 e. The van der Waals surface area contributed by atoms with Gasteiger partial charge in [0, 0.05) is 24.5 Å². The molecule has 3 atom stereocenters. The van der Waals surface area contributed by atoms with Gasteiger partial charge in [-0.2, -0.15) is 0 Å². The van der Waals surface area contributed by atoms with E-state index in [-0.39, 0.29) is 23.9 Å². The van der Waals surface area contributed by atoms with E-state index in [0.717, 1.165) is 10.9 Å². The van der Waals surface area contributed by atoms with Gasteiger partial charge in [-0.25, -0.2) is 0 Å². The minimum absolute atomic E-state index is 0.0675. The Morgan fingerprint density at radius 1 is 1.36 bits per heavy atom. The molecule has 6 nitrogen and oxygen atoms in total. The largest absolute Gasteiger partial charge is 0.351 e. The molecule has 7 heteroatoms. The average molecular weight is 400 g/mol. The maximum Gasteiger partial charge on any atom is 0.256 e. The highest BCUT2D eigenvalue weighted by molar-refractivity contribution is 6.35. The topological polar surface area (TPSA) is 62.7 Å². The van der Waals surface area contributed by atoms with Gasteiger partial charge in [0.05, 0.1) is 41.2 Å². The molecule has 0 radical (unpaired) electrons. The van der Waals surface area contributed by atoms with Crippen LogP contribution < -0.4 is 0 Å². The predicted molar refractivity (Wildman–Crippen MR) is 105 cm³/mol. The van der Waals surface area contributed by atoms with Crippen LogP contribution in [0.4, 0.5) is 0 Å². The summed E-state index contributed by atoms with van der Waals surface area (Å²) in [5.74, 6) is 0.228. The predicted octanol–water partition coefficient (Wildman–Crippen LogP) is 3.09. The molecule has 0 unspecified atom stereocenters. The molecule has 3 aliphatic heterocycles. The lowest BCUT2D eigenvalue weighted by atomic mass is 10.0. The fourth-order valence-corrected chi connectivity index (χ4v) is 5.35. The molecule has 0 aliphatic carbocycles. The molecule has 1 spiro atoms. The molecule has 1 aromatic heterocycles. The third-order valence-electron chi connectivity index (χ3n) is 6.47. The van der Waals surface area contributed by atoms with Gasteiger partial charge in [0.15, 0.2) is 5.72 Å². The zero-order valence-electron chi connectivity index (χ0n) is 15.9. The summed E-state index contributed by atoms with van der Waals surface area (Å²) in [5.41, 5.74) is 0.496. The van der Waals surface area contributed by atoms with Crippen LogP contribution in [-0.4, -0.2) is 57.6 Å². The van der Waals surface area contributed by atoms with E-state index in [1.807, 2.05) is 17.0 Å². The number of benzene rings is 1. The van der Waals surface area contributed by atoms with Crippen molar-refractivity contribution in [1.82, 2.24) is 14.8 Å². The number of likely N-dealkylation sites (tertiary alicyclic amines) is 1. The maximum absolute atomic E-state index is 13.6. The third kappa shape index (κ3) is 2.28. The van der Waals surface area contributed by atoms with E-state index in [1.165, 1.54) is 0 Å². The van der Waals surface area contributed by atoms with Gasteiger partial charge in [-0.3, -0.25) is 14.6 Å². The molecule has 3 saturated heterocycles. The summed E-state index contributed by atoms with van der Waals surface area (Å²) in [6, 6.07) is 6.98. The van der Waals surface area contributed by atoms with Crippen molar-refractivity contribution in [2.75, 3.05) is 13.2 Å². The van der Waals surface area contributed by atoms with Crippen LogP contribution in [0.15, 0.2) is 30.5 Å². The van der Waals surface area contributed by atoms with Gasteiger partial charge in [0.1, 0.15) is 0 Å². The maximum atomic E-state index is 13.6. The van der Waals surface area contributed by atoms with Crippen LogP contribution in [0.5, 0.6) is 0 Å². The minimum atomic E-state index is -0.684. The number of carbonyl (C=O) groups is 2. The van der Waals surface area contributed by atoms with Crippen LogP contribution in [-0.2, 0) is 9.53 Å². The average Bonchev–Trinajstić information content (AvgIpc) is 3.30. The second-order valence-corrected chi connectivity index (χ2v) is 8.60. The molecule has 5 rings (SSSR count). The number of nitrogens with zero attached hydrogens (tertiary/aromatic N) is 3. The number of amides is 2. The Bertz CT molecular complexity index is 994. The molecule has 0 bridgehead atoms. The number of pyridine rings is 1. The van der Waals surface area contributed by atoms with Crippen molar-refractivity contribution >= 4 is 34.3 Å². The SMILES string of the molecule is CC(C)[C@@H]1CO[C@@]23CCN(C(=O)c4c(Cl)ccc5ncccc45)[C@@H]2CC(=O)N13. The molecular formula is C21H22ClN3O3. The van der Waals surface area contributed by atoms with E-state index >= 15 is 0 Å². The summed E-state index contributed by atoms with van der Waals surface area (Å²) in [4.78, 5) is 34.4. The lowest BCUT2D eigenvalue weighted by Crippen LogP contribution is -2.51. The standard InChI is InChI=1S/C21H22ClN3O3/c1-12(2)16-11-28-21-7-9-24(17(21)10-18(26)25(16)21)20(27)19-13-4-3-8-23-15(13)6-5-14(19)22/h3-6,8,12,16-17H,7,9-11H2,1-2H3/t16-,17+,21-/m0/s1. The van der Waals surface area contributed by atoms with Gasteiger partial charge in [0.25, 0.3) is 5.91 Å². The number of fused-ring (bicyclic) bond motifs is 1. The second-order valence-electron chi connectivity index (χ2n) is 8.19. The van der Waals surface area contributed by atoms with Crippen LogP contribution in [0.1, 0.15) is 37.0 Å². The van der Waals surface area contributed by atoms with Gasteiger partial charge in [0.2, 0.25) is 5.91 Å². The van der Waals surface area contributed by atoms with Crippen LogP contribution in [0, 0.1) is 5.92 Å². The zero-order valence-corrected chi connectivity index (χ0v) is 16.6. The van der Waals surface area contributed by atoms with Crippen molar-refractivity contribution in [2.24, 2.45) is 5.92 Å². The number of hydrogen-bond acceptors (Lipinski definition) is 4. The highest BCUT2D eigenvalue weighted by Gasteiger charge is 2.65. The van der Waals surface area contributed by atoms with Gasteiger partial charge in [-0.05, 0) is 24.1 Å². The van der Waals surface area contributed by atoms with Gasteiger partial charge in [-0.15, -0.1) is 0 Å². The molecule has 1 aromatic carbocycles. The van der Waals surface area contributed by atoms with E-state index in [1.54, 1.807) is 23.2 Å². The number of carbonyl (C=O) groups excluding carboxylic acids is 2. The highest BCUT2D eigenvalue weighted by Crippen LogP contribution is 2.49. The Kier molecular flexibility index (Phi) is 3.93. The van der Waals surface area contributed by atoms with Crippen LogP contribution in [0.3, 0.4) is 0 Å². The van der Waals surface area contributed by atoms with Crippen molar-refractivity contribution < 1.29 is 14.3 Å². The molecule has 3 fully saturated rings. The van der Waals surface area contributed by atoms with E-state index in [4.69, 9.17) is 16.3 Å². The van der Waals surface area contributed by atoms with Crippen molar-refractivity contribution in [3.63, 3.8) is 0 Å². The summed E-state index contributed by atoms with van der Waals surface area (Å²) in [5, 5.41) is 1.13. The highest BCUT2D eigenvalue weighted by atomic mass is 35.5. The lowest BCUT2D eigenvalue weighted by Gasteiger charge is -2.34. The first-order valence-corrected chi connectivity index (χ1v) is 10.1. The Morgan fingerprint density at radius 2 is 2.18 bits per heavy atom. The Morgan fingerprint density at radius 3 is 2.96 bits per heavy atom. The number of halogens is 1. The Labute approximate surface area is 168 Å². The summed E-state index contributed by atoms with van der Waals surface area (Å²) in [6.07, 6.45) is 2.63. The van der Waals surface area contributed by atoms with Crippen molar-refractivity contribution in [3.05, 3.63) is 41.0 Å². The lowest BCUT2D eigenvalue weighted by molar-refractivity contribution is -0.139. The van der Waals surface area contributed by atoms with Crippen LogP contribution >= 0.6 is 11.6 Å². The fourth-order valence-electron chi connectivity index (χ4n) is 5.10. The monoisotopic (exact) mass is 399 g/mol. The summed E-state index contributed by atoms with van der Waals surface area (Å²) < 4.78 is 6.23. The Hall–Kier alpha value is -2.18. The number of aromatic nitrogens is 1. The third-order valence-corrected chi connectivity index (χ3v) is 6.78. The number of ether oxygens (including phenoxy) is 1. The molecule has 4 heterocycles. The Balaban J connectivity index is 1.54. The number of hydrogen-bond donors (Lipinski definition) is 0. The molecule has 2 amide bonds. The summed E-state index contributed by atoms with van der Waals surface area (Å²) in [6.45, 7) is 5.29. The fraction of sp³-hybridized carbons (Fsp3) is 0.476. The van der Waals surface area contributed by atoms with Crippen molar-refractivity contribution in [2.45, 2.75) is 44.5 Å². The molecule has 146 valence electrons. The first kappa shape index (κ1) is 17.9. The van der Waals surface area contributed by atoms with E-state index < -0.39 is 5.72 Å². The molecule has 0 saturated carbocycles. The molecule has 2 aromatic rings. The summed E-state index contributed by atoms with van der Waals surface area (Å²) in [7, 11) is 0. The van der Waals surface area contributed by atoms with E-state index in [2.05, 4.69) is 18.8 Å². The number of rotatable bonds is 2. The van der Waals surface area contributed by atoms with Crippen molar-refractivity contribution in [1.29, 1.82) is 0 Å². The molecular weight excluding hydrogens is 378 g/mol. The quantitative estimate of drug-likeness (QED) is 0.778. The van der Waals surface area contributed by atoms with E-state index in [9.17, 15) is 9.59 Å². The van der Waals surface area contributed by atoms with Gasteiger partial charge in [-0.1, -0.05) is 31.5 Å². The van der Waals surface area contributed by atoms with Gasteiger partial charge >= 0.3 is 0 Å². The summed E-state index contributed by atoms with van der Waals surface area (Å²) >= 11 is 6.44. The first-order chi connectivity index (χ1) is 13.4. The zero-order chi connectivity index (χ0) is 19.6.